The normalized spacial score (nSPS) is 22.7. The maximum Gasteiger partial charge on any atom is 0.416 e. The number of halogens is 3. The summed E-state index contributed by atoms with van der Waals surface area (Å²) in [5.74, 6) is 1.73. The highest BCUT2D eigenvalue weighted by atomic mass is 19.4. The molecule has 5 nitrogen and oxygen atoms in total. The zero-order valence-corrected chi connectivity index (χ0v) is 15.2. The van der Waals surface area contributed by atoms with Crippen molar-refractivity contribution < 1.29 is 13.2 Å². The van der Waals surface area contributed by atoms with Crippen LogP contribution in [0.15, 0.2) is 36.4 Å². The molecular formula is C20H20F3N5. The fourth-order valence-corrected chi connectivity index (χ4v) is 4.25. The molecule has 146 valence electrons. The monoisotopic (exact) mass is 387 g/mol. The summed E-state index contributed by atoms with van der Waals surface area (Å²) < 4.78 is 42.2. The summed E-state index contributed by atoms with van der Waals surface area (Å²) in [6.45, 7) is 0. The quantitative estimate of drug-likeness (QED) is 0.701. The van der Waals surface area contributed by atoms with Gasteiger partial charge in [-0.3, -0.25) is 0 Å². The van der Waals surface area contributed by atoms with Crippen molar-refractivity contribution in [2.24, 2.45) is 0 Å². The fraction of sp³-hybridized carbons (Fsp3) is 0.450. The minimum atomic E-state index is -4.34. The molecule has 2 aliphatic rings. The number of rotatable bonds is 4. The Hall–Kier alpha value is -2.64. The average molecular weight is 387 g/mol. The van der Waals surface area contributed by atoms with Crippen molar-refractivity contribution >= 4 is 11.5 Å². The Labute approximate surface area is 160 Å². The zero-order valence-electron chi connectivity index (χ0n) is 15.2. The van der Waals surface area contributed by atoms with Gasteiger partial charge in [0.15, 0.2) is 11.5 Å². The van der Waals surface area contributed by atoms with E-state index in [9.17, 15) is 13.2 Å². The third kappa shape index (κ3) is 3.10. The highest BCUT2D eigenvalue weighted by Gasteiger charge is 2.38. The van der Waals surface area contributed by atoms with Crippen LogP contribution < -0.4 is 5.32 Å². The topological polar surface area (TPSA) is 55.1 Å². The molecule has 2 unspecified atom stereocenters. The summed E-state index contributed by atoms with van der Waals surface area (Å²) in [5, 5.41) is 16.4. The van der Waals surface area contributed by atoms with Gasteiger partial charge < -0.3 is 5.32 Å². The molecule has 0 bridgehead atoms. The van der Waals surface area contributed by atoms with Crippen LogP contribution in [0.4, 0.5) is 19.0 Å². The molecule has 28 heavy (non-hydrogen) atoms. The Morgan fingerprint density at radius 3 is 2.57 bits per heavy atom. The molecule has 8 heteroatoms. The lowest BCUT2D eigenvalue weighted by Gasteiger charge is -2.24. The molecule has 2 saturated carbocycles. The maximum atomic E-state index is 13.5. The predicted molar refractivity (Wildman–Crippen MR) is 98.2 cm³/mol. The summed E-state index contributed by atoms with van der Waals surface area (Å²) in [7, 11) is 0. The molecule has 0 spiro atoms. The van der Waals surface area contributed by atoms with E-state index in [2.05, 4.69) is 20.6 Å². The first-order chi connectivity index (χ1) is 13.5. The van der Waals surface area contributed by atoms with Gasteiger partial charge in [0.05, 0.1) is 5.56 Å². The molecule has 3 aromatic rings. The molecule has 2 aliphatic carbocycles. The number of aromatic nitrogens is 4. The van der Waals surface area contributed by atoms with Crippen molar-refractivity contribution in [1.29, 1.82) is 0 Å². The van der Waals surface area contributed by atoms with Crippen molar-refractivity contribution in [3.8, 4) is 0 Å². The third-order valence-electron chi connectivity index (χ3n) is 5.74. The molecule has 2 atom stereocenters. The lowest BCUT2D eigenvalue weighted by Crippen LogP contribution is -2.25. The number of nitrogens with one attached hydrogen (secondary N) is 1. The van der Waals surface area contributed by atoms with Crippen LogP contribution in [-0.2, 0) is 6.18 Å². The van der Waals surface area contributed by atoms with Crippen molar-refractivity contribution in [1.82, 2.24) is 19.8 Å². The van der Waals surface area contributed by atoms with Gasteiger partial charge in [-0.05, 0) is 49.4 Å². The number of alkyl halides is 3. The first-order valence-electron chi connectivity index (χ1n) is 9.66. The van der Waals surface area contributed by atoms with E-state index >= 15 is 0 Å². The average Bonchev–Trinajstić information content (AvgIpc) is 3.26. The highest BCUT2D eigenvalue weighted by Crippen LogP contribution is 2.42. The van der Waals surface area contributed by atoms with E-state index in [4.69, 9.17) is 0 Å². The van der Waals surface area contributed by atoms with Crippen LogP contribution in [0.25, 0.3) is 5.65 Å². The number of hydrogen-bond donors (Lipinski definition) is 1. The van der Waals surface area contributed by atoms with Crippen LogP contribution in [0.5, 0.6) is 0 Å². The summed E-state index contributed by atoms with van der Waals surface area (Å²) in [6, 6.07) is 9.50. The molecule has 0 saturated heterocycles. The minimum absolute atomic E-state index is 0.0886. The number of hydrogen-bond acceptors (Lipinski definition) is 4. The fourth-order valence-electron chi connectivity index (χ4n) is 4.25. The van der Waals surface area contributed by atoms with Crippen molar-refractivity contribution in [3.63, 3.8) is 0 Å². The van der Waals surface area contributed by atoms with E-state index in [1.807, 2.05) is 12.1 Å². The predicted octanol–water partition coefficient (Wildman–Crippen LogP) is 4.77. The van der Waals surface area contributed by atoms with Crippen molar-refractivity contribution in [2.45, 2.75) is 56.2 Å². The molecule has 2 aromatic heterocycles. The Balaban J connectivity index is 1.44. The van der Waals surface area contributed by atoms with Crippen LogP contribution in [0, 0.1) is 0 Å². The van der Waals surface area contributed by atoms with Crippen LogP contribution in [-0.4, -0.2) is 25.9 Å². The van der Waals surface area contributed by atoms with Gasteiger partial charge in [0.25, 0.3) is 0 Å². The summed E-state index contributed by atoms with van der Waals surface area (Å²) >= 11 is 0. The second-order valence-corrected chi connectivity index (χ2v) is 7.69. The minimum Gasteiger partial charge on any atom is -0.365 e. The van der Waals surface area contributed by atoms with Crippen LogP contribution in [0.2, 0.25) is 0 Å². The standard InChI is InChI=1S/C20H20F3N5/c21-20(22,23)15-6-2-1-4-13(15)14-5-3-7-16(14)24-17-10-11-18-25-26-19(12-8-9-12)28(18)27-17/h1-2,4,6,10-12,14,16H,3,5,7-9H2,(H,24,27). The van der Waals surface area contributed by atoms with Crippen LogP contribution in [0.1, 0.15) is 60.9 Å². The van der Waals surface area contributed by atoms with E-state index in [-0.39, 0.29) is 12.0 Å². The summed E-state index contributed by atoms with van der Waals surface area (Å²) in [6.07, 6.45) is 0.276. The molecule has 1 aromatic carbocycles. The molecule has 5 rings (SSSR count). The Bertz CT molecular complexity index is 1010. The second kappa shape index (κ2) is 6.46. The largest absolute Gasteiger partial charge is 0.416 e. The number of benzene rings is 1. The smallest absolute Gasteiger partial charge is 0.365 e. The molecule has 0 aliphatic heterocycles. The van der Waals surface area contributed by atoms with Gasteiger partial charge in [0.2, 0.25) is 0 Å². The molecule has 0 radical (unpaired) electrons. The molecule has 1 N–H and O–H groups in total. The number of fused-ring (bicyclic) bond motifs is 1. The van der Waals surface area contributed by atoms with E-state index < -0.39 is 11.7 Å². The van der Waals surface area contributed by atoms with E-state index in [0.717, 1.165) is 37.9 Å². The van der Waals surface area contributed by atoms with Gasteiger partial charge in [0.1, 0.15) is 5.82 Å². The van der Waals surface area contributed by atoms with Crippen molar-refractivity contribution in [2.75, 3.05) is 5.32 Å². The van der Waals surface area contributed by atoms with E-state index in [1.54, 1.807) is 16.6 Å². The SMILES string of the molecule is FC(F)(F)c1ccccc1C1CCCC1Nc1ccc2nnc(C3CC3)n2n1. The molecule has 2 fully saturated rings. The lowest BCUT2D eigenvalue weighted by atomic mass is 9.90. The van der Waals surface area contributed by atoms with E-state index in [0.29, 0.717) is 22.9 Å². The Kier molecular flexibility index (Phi) is 4.03. The zero-order chi connectivity index (χ0) is 19.3. The summed E-state index contributed by atoms with van der Waals surface area (Å²) in [5.41, 5.74) is 0.527. The van der Waals surface area contributed by atoms with Crippen LogP contribution >= 0.6 is 0 Å². The Morgan fingerprint density at radius 1 is 0.964 bits per heavy atom. The Morgan fingerprint density at radius 2 is 1.79 bits per heavy atom. The molecule has 0 amide bonds. The third-order valence-corrected chi connectivity index (χ3v) is 5.74. The molecular weight excluding hydrogens is 367 g/mol. The second-order valence-electron chi connectivity index (χ2n) is 7.69. The molecule has 2 heterocycles. The summed E-state index contributed by atoms with van der Waals surface area (Å²) in [4.78, 5) is 0. The lowest BCUT2D eigenvalue weighted by molar-refractivity contribution is -0.138. The first kappa shape index (κ1) is 17.5. The van der Waals surface area contributed by atoms with Gasteiger partial charge in [0, 0.05) is 17.9 Å². The van der Waals surface area contributed by atoms with Gasteiger partial charge >= 0.3 is 6.18 Å². The van der Waals surface area contributed by atoms with Crippen molar-refractivity contribution in [3.05, 3.63) is 53.3 Å². The van der Waals surface area contributed by atoms with E-state index in [1.165, 1.54) is 12.1 Å². The number of nitrogens with zero attached hydrogens (tertiary/aromatic N) is 4. The first-order valence-corrected chi connectivity index (χ1v) is 9.66. The van der Waals surface area contributed by atoms with Gasteiger partial charge in [-0.2, -0.15) is 17.7 Å². The number of anilines is 1. The maximum absolute atomic E-state index is 13.5. The van der Waals surface area contributed by atoms with Gasteiger partial charge in [-0.15, -0.1) is 15.3 Å². The van der Waals surface area contributed by atoms with Crippen LogP contribution in [0.3, 0.4) is 0 Å². The highest BCUT2D eigenvalue weighted by molar-refractivity contribution is 5.46. The van der Waals surface area contributed by atoms with Gasteiger partial charge in [-0.25, -0.2) is 0 Å². The van der Waals surface area contributed by atoms with Gasteiger partial charge in [-0.1, -0.05) is 24.6 Å².